The summed E-state index contributed by atoms with van der Waals surface area (Å²) in [7, 11) is 0. The van der Waals surface area contributed by atoms with Gasteiger partial charge in [0.1, 0.15) is 6.04 Å². The fourth-order valence-electron chi connectivity index (χ4n) is 3.29. The number of likely N-dealkylation sites (tertiary alicyclic amines) is 1. The van der Waals surface area contributed by atoms with E-state index in [0.717, 1.165) is 24.0 Å². The van der Waals surface area contributed by atoms with E-state index in [4.69, 9.17) is 0 Å². The summed E-state index contributed by atoms with van der Waals surface area (Å²) in [6.07, 6.45) is 1.62. The molecule has 0 spiro atoms. The van der Waals surface area contributed by atoms with Gasteiger partial charge in [-0.1, -0.05) is 48.2 Å². The van der Waals surface area contributed by atoms with E-state index in [1.807, 2.05) is 24.5 Å². The number of amides is 2. The molecule has 4 nitrogen and oxygen atoms in total. The van der Waals surface area contributed by atoms with Crippen molar-refractivity contribution in [3.8, 4) is 0 Å². The highest BCUT2D eigenvalue weighted by atomic mass is 32.2. The molecular weight excluding hydrogens is 344 g/mol. The first-order chi connectivity index (χ1) is 12.3. The Bertz CT molecular complexity index is 705. The molecule has 0 aliphatic carbocycles. The summed E-state index contributed by atoms with van der Waals surface area (Å²) < 4.78 is 0. The van der Waals surface area contributed by atoms with Gasteiger partial charge in [-0.25, -0.2) is 0 Å². The highest BCUT2D eigenvalue weighted by molar-refractivity contribution is 8.10. The van der Waals surface area contributed by atoms with Crippen molar-refractivity contribution >= 4 is 28.5 Å². The number of rotatable bonds is 6. The second-order valence-corrected chi connectivity index (χ2v) is 7.81. The molecule has 1 aromatic rings. The van der Waals surface area contributed by atoms with Gasteiger partial charge in [0.2, 0.25) is 11.8 Å². The van der Waals surface area contributed by atoms with Gasteiger partial charge >= 0.3 is 0 Å². The molecule has 140 valence electrons. The maximum absolute atomic E-state index is 12.6. The monoisotopic (exact) mass is 372 g/mol. The molecule has 2 atom stereocenters. The van der Waals surface area contributed by atoms with Crippen molar-refractivity contribution in [3.05, 3.63) is 53.0 Å². The van der Waals surface area contributed by atoms with Crippen LogP contribution in [0.25, 0.3) is 4.91 Å². The molecule has 1 aliphatic heterocycles. The number of hydrogen-bond acceptors (Lipinski definition) is 3. The Morgan fingerprint density at radius 3 is 2.46 bits per heavy atom. The van der Waals surface area contributed by atoms with Crippen LogP contribution in [0.5, 0.6) is 0 Å². The topological polar surface area (TPSA) is 49.4 Å². The van der Waals surface area contributed by atoms with E-state index in [-0.39, 0.29) is 23.9 Å². The van der Waals surface area contributed by atoms with E-state index in [1.54, 1.807) is 16.7 Å². The normalized spacial score (nSPS) is 17.5. The van der Waals surface area contributed by atoms with Gasteiger partial charge in [0.25, 0.3) is 0 Å². The van der Waals surface area contributed by atoms with Crippen molar-refractivity contribution in [3.63, 3.8) is 0 Å². The standard InChI is InChI=1S/C21H28N2O2S/c1-6-26-20(14(2)3)18-11-9-17(10-12-18)15(4)22-21(25)19-8-7-13-23(19)16(5)24/h6,9-12,15,19H,1,7-8,13H2,2-5H3,(H,22,25)/t15-,19-/m0/s1. The second kappa shape index (κ2) is 9.08. The predicted molar refractivity (Wildman–Crippen MR) is 109 cm³/mol. The van der Waals surface area contributed by atoms with Crippen molar-refractivity contribution in [2.24, 2.45) is 0 Å². The predicted octanol–water partition coefficient (Wildman–Crippen LogP) is 4.50. The molecule has 0 aromatic heterocycles. The molecule has 1 saturated heterocycles. The zero-order chi connectivity index (χ0) is 19.3. The van der Waals surface area contributed by atoms with Gasteiger partial charge in [0, 0.05) is 18.4 Å². The minimum absolute atomic E-state index is 0.0337. The minimum atomic E-state index is -0.338. The smallest absolute Gasteiger partial charge is 0.243 e. The van der Waals surface area contributed by atoms with Gasteiger partial charge < -0.3 is 10.2 Å². The van der Waals surface area contributed by atoms with Crippen LogP contribution in [0.15, 0.2) is 41.8 Å². The number of carbonyl (C=O) groups is 2. The van der Waals surface area contributed by atoms with Gasteiger partial charge in [0.15, 0.2) is 0 Å². The molecule has 1 heterocycles. The van der Waals surface area contributed by atoms with E-state index >= 15 is 0 Å². The Morgan fingerprint density at radius 1 is 1.27 bits per heavy atom. The molecule has 26 heavy (non-hydrogen) atoms. The molecule has 0 unspecified atom stereocenters. The maximum atomic E-state index is 12.6. The molecular formula is C21H28N2O2S. The number of nitrogens with one attached hydrogen (secondary N) is 1. The molecule has 1 aliphatic rings. The quantitative estimate of drug-likeness (QED) is 0.800. The van der Waals surface area contributed by atoms with Crippen LogP contribution < -0.4 is 5.32 Å². The molecule has 1 fully saturated rings. The van der Waals surface area contributed by atoms with Gasteiger partial charge in [-0.3, -0.25) is 9.59 Å². The minimum Gasteiger partial charge on any atom is -0.348 e. The van der Waals surface area contributed by atoms with Crippen molar-refractivity contribution in [2.45, 2.75) is 52.6 Å². The number of nitrogens with zero attached hydrogens (tertiary/aromatic N) is 1. The number of benzene rings is 1. The highest BCUT2D eigenvalue weighted by Gasteiger charge is 2.32. The summed E-state index contributed by atoms with van der Waals surface area (Å²) in [5.41, 5.74) is 3.44. The third-order valence-electron chi connectivity index (χ3n) is 4.65. The zero-order valence-corrected chi connectivity index (χ0v) is 16.9. The fraction of sp³-hybridized carbons (Fsp3) is 0.429. The van der Waals surface area contributed by atoms with Gasteiger partial charge in [0.05, 0.1) is 6.04 Å². The van der Waals surface area contributed by atoms with Crippen molar-refractivity contribution in [2.75, 3.05) is 6.54 Å². The van der Waals surface area contributed by atoms with Crippen molar-refractivity contribution in [1.29, 1.82) is 0 Å². The lowest BCUT2D eigenvalue weighted by Crippen LogP contribution is -2.45. The van der Waals surface area contributed by atoms with E-state index in [2.05, 4.69) is 37.9 Å². The number of thioether (sulfide) groups is 1. The Balaban J connectivity index is 2.07. The summed E-state index contributed by atoms with van der Waals surface area (Å²) in [5, 5.41) is 4.89. The Hall–Kier alpha value is -2.01. The van der Waals surface area contributed by atoms with Crippen LogP contribution in [0, 0.1) is 0 Å². The van der Waals surface area contributed by atoms with E-state index in [9.17, 15) is 9.59 Å². The van der Waals surface area contributed by atoms with Gasteiger partial charge in [-0.05, 0) is 50.1 Å². The first-order valence-corrected chi connectivity index (χ1v) is 9.86. The summed E-state index contributed by atoms with van der Waals surface area (Å²) in [6, 6.07) is 7.81. The molecule has 1 aromatic carbocycles. The zero-order valence-electron chi connectivity index (χ0n) is 16.0. The van der Waals surface area contributed by atoms with Crippen LogP contribution in [0.3, 0.4) is 0 Å². The van der Waals surface area contributed by atoms with Crippen molar-refractivity contribution in [1.82, 2.24) is 10.2 Å². The fourth-order valence-corrected chi connectivity index (χ4v) is 3.96. The van der Waals surface area contributed by atoms with Gasteiger partial charge in [-0.2, -0.15) is 0 Å². The summed E-state index contributed by atoms with van der Waals surface area (Å²) in [5.74, 6) is -0.102. The lowest BCUT2D eigenvalue weighted by molar-refractivity contribution is -0.137. The molecule has 5 heteroatoms. The molecule has 0 radical (unpaired) electrons. The summed E-state index contributed by atoms with van der Waals surface area (Å²) >= 11 is 1.62. The first-order valence-electron chi connectivity index (χ1n) is 8.98. The molecule has 0 saturated carbocycles. The summed E-state index contributed by atoms with van der Waals surface area (Å²) in [4.78, 5) is 27.1. The number of carbonyl (C=O) groups excluding carboxylic acids is 2. The summed E-state index contributed by atoms with van der Waals surface area (Å²) in [6.45, 7) is 12.1. The van der Waals surface area contributed by atoms with E-state index in [0.29, 0.717) is 6.54 Å². The van der Waals surface area contributed by atoms with Crippen LogP contribution >= 0.6 is 11.8 Å². The van der Waals surface area contributed by atoms with E-state index in [1.165, 1.54) is 17.4 Å². The molecule has 0 bridgehead atoms. The largest absolute Gasteiger partial charge is 0.348 e. The number of hydrogen-bond donors (Lipinski definition) is 1. The third kappa shape index (κ3) is 4.79. The van der Waals surface area contributed by atoms with E-state index < -0.39 is 0 Å². The van der Waals surface area contributed by atoms with Crippen LogP contribution in [-0.2, 0) is 9.59 Å². The van der Waals surface area contributed by atoms with Crippen LogP contribution in [0.4, 0.5) is 0 Å². The highest BCUT2D eigenvalue weighted by Crippen LogP contribution is 2.32. The SMILES string of the molecule is C=CSC(=C(C)C)c1ccc([C@H](C)NC(=O)[C@@H]2CCCN2C(C)=O)cc1. The van der Waals surface area contributed by atoms with Crippen molar-refractivity contribution < 1.29 is 9.59 Å². The molecule has 2 rings (SSSR count). The average molecular weight is 373 g/mol. The Labute approximate surface area is 160 Å². The third-order valence-corrected chi connectivity index (χ3v) is 5.69. The van der Waals surface area contributed by atoms with Crippen LogP contribution in [0.1, 0.15) is 57.7 Å². The lowest BCUT2D eigenvalue weighted by Gasteiger charge is -2.24. The van der Waals surface area contributed by atoms with Crippen LogP contribution in [0.2, 0.25) is 0 Å². The number of allylic oxidation sites excluding steroid dienone is 1. The average Bonchev–Trinajstić information content (AvgIpc) is 3.09. The van der Waals surface area contributed by atoms with Gasteiger partial charge in [-0.15, -0.1) is 0 Å². The Morgan fingerprint density at radius 2 is 1.92 bits per heavy atom. The van der Waals surface area contributed by atoms with Crippen LogP contribution in [-0.4, -0.2) is 29.3 Å². The second-order valence-electron chi connectivity index (χ2n) is 6.84. The lowest BCUT2D eigenvalue weighted by atomic mass is 10.0. The maximum Gasteiger partial charge on any atom is 0.243 e. The molecule has 2 amide bonds. The first kappa shape index (κ1) is 20.3. The molecule has 1 N–H and O–H groups in total. The Kier molecular flexibility index (Phi) is 7.09.